The van der Waals surface area contributed by atoms with Crippen molar-refractivity contribution in [2.75, 3.05) is 5.75 Å². The van der Waals surface area contributed by atoms with Crippen LogP contribution in [0.4, 0.5) is 4.39 Å². The average molecular weight is 390 g/mol. The number of nitrogens with one attached hydrogen (secondary N) is 1. The lowest BCUT2D eigenvalue weighted by Gasteiger charge is -2.33. The maximum atomic E-state index is 13.3. The highest BCUT2D eigenvalue weighted by molar-refractivity contribution is 8.00. The second-order valence-electron chi connectivity index (χ2n) is 6.96. The van der Waals surface area contributed by atoms with Gasteiger partial charge < -0.3 is 14.6 Å². The summed E-state index contributed by atoms with van der Waals surface area (Å²) in [6.07, 6.45) is 2.10. The summed E-state index contributed by atoms with van der Waals surface area (Å²) in [7, 11) is 0. The lowest BCUT2D eigenvalue weighted by Crippen LogP contribution is -2.49. The van der Waals surface area contributed by atoms with E-state index in [2.05, 4.69) is 5.32 Å². The van der Waals surface area contributed by atoms with Gasteiger partial charge in [0.2, 0.25) is 11.8 Å². The molecule has 144 valence electrons. The first kappa shape index (κ1) is 19.5. The van der Waals surface area contributed by atoms with Crippen LogP contribution < -0.4 is 5.32 Å². The van der Waals surface area contributed by atoms with Crippen LogP contribution in [-0.2, 0) is 16.1 Å². The monoisotopic (exact) mass is 390 g/mol. The van der Waals surface area contributed by atoms with Crippen LogP contribution in [0.5, 0.6) is 0 Å². The van der Waals surface area contributed by atoms with Gasteiger partial charge in [-0.25, -0.2) is 4.39 Å². The Morgan fingerprint density at radius 2 is 2.07 bits per heavy atom. The molecule has 1 N–H and O–H groups in total. The summed E-state index contributed by atoms with van der Waals surface area (Å²) in [6.45, 7) is 4.32. The van der Waals surface area contributed by atoms with Gasteiger partial charge in [-0.2, -0.15) is 0 Å². The van der Waals surface area contributed by atoms with Gasteiger partial charge in [-0.1, -0.05) is 26.0 Å². The molecule has 0 spiro atoms. The highest BCUT2D eigenvalue weighted by Crippen LogP contribution is 2.41. The van der Waals surface area contributed by atoms with Gasteiger partial charge >= 0.3 is 0 Å². The Balaban J connectivity index is 1.81. The van der Waals surface area contributed by atoms with Crippen molar-refractivity contribution in [1.82, 2.24) is 10.2 Å². The number of hydrogen-bond acceptors (Lipinski definition) is 4. The Labute approximate surface area is 162 Å². The van der Waals surface area contributed by atoms with Gasteiger partial charge in [0.25, 0.3) is 0 Å². The number of halogens is 1. The number of thioether (sulfide) groups is 1. The van der Waals surface area contributed by atoms with E-state index in [1.807, 2.05) is 13.8 Å². The van der Waals surface area contributed by atoms with E-state index in [0.29, 0.717) is 17.9 Å². The van der Waals surface area contributed by atoms with Crippen LogP contribution in [0, 0.1) is 11.7 Å². The summed E-state index contributed by atoms with van der Waals surface area (Å²) in [5.74, 6) is 0.591. The van der Waals surface area contributed by atoms with Crippen molar-refractivity contribution in [2.45, 2.75) is 38.2 Å². The maximum Gasteiger partial charge on any atom is 0.243 e. The number of carbonyl (C=O) groups excluding carboxylic acids is 2. The van der Waals surface area contributed by atoms with Crippen LogP contribution in [0.25, 0.3) is 0 Å². The van der Waals surface area contributed by atoms with Gasteiger partial charge in [0.05, 0.1) is 18.6 Å². The molecule has 5 nitrogen and oxygen atoms in total. The topological polar surface area (TPSA) is 62.6 Å². The molecule has 1 aromatic heterocycles. The Kier molecular flexibility index (Phi) is 6.21. The van der Waals surface area contributed by atoms with Crippen LogP contribution >= 0.6 is 11.8 Å². The standard InChI is InChI=1S/C20H23FN2O3S/c1-13(2)10-17(19(25)22-11-16-4-3-9-26-16)23-18(24)12-27-20(23)14-5-7-15(21)8-6-14/h3-9,13,17,20H,10-12H2,1-2H3,(H,22,25)/t17-,20-/m0/s1. The van der Waals surface area contributed by atoms with E-state index >= 15 is 0 Å². The molecule has 2 amide bonds. The van der Waals surface area contributed by atoms with Crippen molar-refractivity contribution in [3.63, 3.8) is 0 Å². The smallest absolute Gasteiger partial charge is 0.243 e. The number of furan rings is 1. The molecule has 3 rings (SSSR count). The molecule has 27 heavy (non-hydrogen) atoms. The fraction of sp³-hybridized carbons (Fsp3) is 0.400. The van der Waals surface area contributed by atoms with E-state index in [0.717, 1.165) is 5.56 Å². The zero-order valence-electron chi connectivity index (χ0n) is 15.4. The minimum absolute atomic E-state index is 0.0758. The van der Waals surface area contributed by atoms with Crippen molar-refractivity contribution >= 4 is 23.6 Å². The van der Waals surface area contributed by atoms with E-state index in [-0.39, 0.29) is 35.5 Å². The second kappa shape index (κ2) is 8.61. The molecule has 2 aromatic rings. The lowest BCUT2D eigenvalue weighted by molar-refractivity contribution is -0.139. The van der Waals surface area contributed by atoms with E-state index in [4.69, 9.17) is 4.42 Å². The molecule has 2 atom stereocenters. The summed E-state index contributed by atoms with van der Waals surface area (Å²) in [4.78, 5) is 27.2. The van der Waals surface area contributed by atoms with E-state index in [9.17, 15) is 14.0 Å². The van der Waals surface area contributed by atoms with Gasteiger partial charge in [-0.3, -0.25) is 9.59 Å². The Bertz CT molecular complexity index is 777. The highest BCUT2D eigenvalue weighted by Gasteiger charge is 2.41. The number of amides is 2. The fourth-order valence-electron chi connectivity index (χ4n) is 3.16. The Morgan fingerprint density at radius 3 is 2.70 bits per heavy atom. The Hall–Kier alpha value is -2.28. The summed E-state index contributed by atoms with van der Waals surface area (Å²) in [5, 5.41) is 2.58. The molecule has 1 fully saturated rings. The molecule has 0 bridgehead atoms. The van der Waals surface area contributed by atoms with Crippen LogP contribution in [-0.4, -0.2) is 28.5 Å². The van der Waals surface area contributed by atoms with Crippen molar-refractivity contribution in [3.05, 3.63) is 59.8 Å². The number of nitrogens with zero attached hydrogens (tertiary/aromatic N) is 1. The predicted octanol–water partition coefficient (Wildman–Crippen LogP) is 3.72. The molecular weight excluding hydrogens is 367 g/mol. The molecule has 0 aliphatic carbocycles. The average Bonchev–Trinajstić information content (AvgIpc) is 3.28. The van der Waals surface area contributed by atoms with Gasteiger partial charge in [-0.05, 0) is 42.2 Å². The first-order chi connectivity index (χ1) is 13.0. The molecule has 2 heterocycles. The summed E-state index contributed by atoms with van der Waals surface area (Å²) in [6, 6.07) is 9.07. The largest absolute Gasteiger partial charge is 0.467 e. The molecule has 0 unspecified atom stereocenters. The van der Waals surface area contributed by atoms with Crippen LogP contribution in [0.1, 0.15) is 37.0 Å². The lowest BCUT2D eigenvalue weighted by atomic mass is 10.0. The van der Waals surface area contributed by atoms with Crippen molar-refractivity contribution in [2.24, 2.45) is 5.92 Å². The van der Waals surface area contributed by atoms with Crippen LogP contribution in [0.15, 0.2) is 47.1 Å². The zero-order chi connectivity index (χ0) is 19.4. The third kappa shape index (κ3) is 4.71. The first-order valence-corrected chi connectivity index (χ1v) is 9.99. The number of carbonyl (C=O) groups is 2. The molecule has 1 aromatic carbocycles. The van der Waals surface area contributed by atoms with Gasteiger partial charge in [-0.15, -0.1) is 11.8 Å². The van der Waals surface area contributed by atoms with E-state index < -0.39 is 6.04 Å². The summed E-state index contributed by atoms with van der Waals surface area (Å²) < 4.78 is 18.5. The van der Waals surface area contributed by atoms with E-state index in [1.54, 1.807) is 35.4 Å². The first-order valence-electron chi connectivity index (χ1n) is 8.94. The van der Waals surface area contributed by atoms with Crippen LogP contribution in [0.2, 0.25) is 0 Å². The fourth-order valence-corrected chi connectivity index (χ4v) is 4.38. The minimum atomic E-state index is -0.586. The SMILES string of the molecule is CC(C)C[C@@H](C(=O)NCc1ccco1)N1C(=O)CS[C@H]1c1ccc(F)cc1. The van der Waals surface area contributed by atoms with E-state index in [1.165, 1.54) is 23.9 Å². The van der Waals surface area contributed by atoms with Gasteiger partial charge in [0.15, 0.2) is 0 Å². The molecule has 0 radical (unpaired) electrons. The number of rotatable bonds is 7. The normalized spacial score (nSPS) is 18.1. The van der Waals surface area contributed by atoms with Gasteiger partial charge in [0, 0.05) is 0 Å². The highest BCUT2D eigenvalue weighted by atomic mass is 32.2. The van der Waals surface area contributed by atoms with Gasteiger partial charge in [0.1, 0.15) is 23.0 Å². The number of benzene rings is 1. The minimum Gasteiger partial charge on any atom is -0.467 e. The molecule has 0 saturated carbocycles. The third-order valence-corrected chi connectivity index (χ3v) is 5.64. The number of hydrogen-bond donors (Lipinski definition) is 1. The molecule has 7 heteroatoms. The van der Waals surface area contributed by atoms with Crippen LogP contribution in [0.3, 0.4) is 0 Å². The summed E-state index contributed by atoms with van der Waals surface area (Å²) >= 11 is 1.46. The Morgan fingerprint density at radius 1 is 1.33 bits per heavy atom. The second-order valence-corrected chi connectivity index (χ2v) is 8.03. The predicted molar refractivity (Wildman–Crippen MR) is 102 cm³/mol. The molecule has 1 aliphatic heterocycles. The molecular formula is C20H23FN2O3S. The molecule has 1 aliphatic rings. The van der Waals surface area contributed by atoms with Crippen molar-refractivity contribution < 1.29 is 18.4 Å². The molecule has 1 saturated heterocycles. The summed E-state index contributed by atoms with van der Waals surface area (Å²) in [5.41, 5.74) is 0.819. The van der Waals surface area contributed by atoms with Crippen molar-refractivity contribution in [3.8, 4) is 0 Å². The quantitative estimate of drug-likeness (QED) is 0.783. The zero-order valence-corrected chi connectivity index (χ0v) is 16.2. The third-order valence-electron chi connectivity index (χ3n) is 4.41. The van der Waals surface area contributed by atoms with Crippen molar-refractivity contribution in [1.29, 1.82) is 0 Å². The maximum absolute atomic E-state index is 13.3.